The van der Waals surface area contributed by atoms with Gasteiger partial charge in [-0.3, -0.25) is 15.0 Å². The van der Waals surface area contributed by atoms with Crippen LogP contribution >= 0.6 is 35.6 Å². The number of benzene rings is 2. The Balaban J connectivity index is 1.78. The van der Waals surface area contributed by atoms with E-state index in [0.717, 1.165) is 28.8 Å². The van der Waals surface area contributed by atoms with E-state index in [1.54, 1.807) is 30.3 Å². The van der Waals surface area contributed by atoms with Crippen molar-refractivity contribution in [2.75, 3.05) is 6.61 Å². The van der Waals surface area contributed by atoms with Crippen molar-refractivity contribution in [2.24, 2.45) is 0 Å². The Labute approximate surface area is 201 Å². The van der Waals surface area contributed by atoms with E-state index in [4.69, 9.17) is 33.3 Å². The summed E-state index contributed by atoms with van der Waals surface area (Å²) in [6.45, 7) is 6.42. The molecule has 1 saturated heterocycles. The second-order valence-corrected chi connectivity index (χ2v) is 9.05. The summed E-state index contributed by atoms with van der Waals surface area (Å²) >= 11 is 12.3. The van der Waals surface area contributed by atoms with E-state index in [0.29, 0.717) is 33.6 Å². The van der Waals surface area contributed by atoms with Gasteiger partial charge in [0.2, 0.25) is 0 Å². The molecule has 0 aliphatic carbocycles. The fraction of sp³-hybridized carbons (Fsp3) is 0.261. The molecule has 9 heteroatoms. The van der Waals surface area contributed by atoms with Gasteiger partial charge in [0, 0.05) is 10.6 Å². The maximum absolute atomic E-state index is 12.9. The summed E-state index contributed by atoms with van der Waals surface area (Å²) in [5.74, 6) is 0.402. The molecular formula is C23H23ClN2O4S2. The highest BCUT2D eigenvalue weighted by Crippen LogP contribution is 2.34. The van der Waals surface area contributed by atoms with Gasteiger partial charge in [-0.05, 0) is 80.5 Å². The van der Waals surface area contributed by atoms with Crippen molar-refractivity contribution in [3.05, 3.63) is 63.5 Å². The van der Waals surface area contributed by atoms with Crippen molar-refractivity contribution < 1.29 is 19.1 Å². The Kier molecular flexibility index (Phi) is 8.17. The van der Waals surface area contributed by atoms with Crippen molar-refractivity contribution >= 4 is 57.8 Å². The van der Waals surface area contributed by atoms with Crippen molar-refractivity contribution in [1.82, 2.24) is 10.4 Å². The molecule has 168 valence electrons. The molecule has 0 unspecified atom stereocenters. The molecule has 2 amide bonds. The van der Waals surface area contributed by atoms with E-state index < -0.39 is 11.8 Å². The monoisotopic (exact) mass is 490 g/mol. The lowest BCUT2D eigenvalue weighted by molar-refractivity contribution is -0.123. The van der Waals surface area contributed by atoms with Gasteiger partial charge in [0.25, 0.3) is 11.8 Å². The second-order valence-electron chi connectivity index (χ2n) is 6.94. The van der Waals surface area contributed by atoms with E-state index in [1.165, 1.54) is 0 Å². The van der Waals surface area contributed by atoms with Gasteiger partial charge in [0.05, 0.1) is 17.6 Å². The van der Waals surface area contributed by atoms with Crippen LogP contribution in [0.5, 0.6) is 11.5 Å². The zero-order valence-corrected chi connectivity index (χ0v) is 20.3. The number of carbonyl (C=O) groups is 2. The molecular weight excluding hydrogens is 468 g/mol. The summed E-state index contributed by atoms with van der Waals surface area (Å²) in [5, 5.41) is 1.59. The number of amides is 2. The number of thioether (sulfide) groups is 1. The lowest BCUT2D eigenvalue weighted by Gasteiger charge is -2.16. The SMILES string of the molecule is CCOc1cc(/C=C2/SC(=S)N(NC(=O)c3ccc(Cl)cc3)C2=O)ccc1O[C@@H](C)CC. The molecule has 1 fully saturated rings. The van der Waals surface area contributed by atoms with Crippen LogP contribution in [0.3, 0.4) is 0 Å². The lowest BCUT2D eigenvalue weighted by atomic mass is 10.1. The van der Waals surface area contributed by atoms with Crippen LogP contribution in [-0.2, 0) is 4.79 Å². The number of ether oxygens (including phenoxy) is 2. The molecule has 0 spiro atoms. The summed E-state index contributed by atoms with van der Waals surface area (Å²) in [6.07, 6.45) is 2.64. The fourth-order valence-electron chi connectivity index (χ4n) is 2.76. The van der Waals surface area contributed by atoms with Gasteiger partial charge in [0.1, 0.15) is 0 Å². The molecule has 2 aromatic carbocycles. The Morgan fingerprint density at radius 3 is 2.59 bits per heavy atom. The van der Waals surface area contributed by atoms with E-state index in [2.05, 4.69) is 5.43 Å². The number of halogens is 1. The minimum atomic E-state index is -0.454. The van der Waals surface area contributed by atoms with Crippen LogP contribution in [0.15, 0.2) is 47.4 Å². The summed E-state index contributed by atoms with van der Waals surface area (Å²) in [5.41, 5.74) is 3.68. The highest BCUT2D eigenvalue weighted by atomic mass is 35.5. The van der Waals surface area contributed by atoms with Gasteiger partial charge >= 0.3 is 0 Å². The number of thiocarbonyl (C=S) groups is 1. The molecule has 0 bridgehead atoms. The van der Waals surface area contributed by atoms with Crippen LogP contribution in [-0.4, -0.2) is 33.9 Å². The van der Waals surface area contributed by atoms with Gasteiger partial charge in [-0.25, -0.2) is 0 Å². The van der Waals surface area contributed by atoms with Crippen LogP contribution in [0, 0.1) is 0 Å². The minimum absolute atomic E-state index is 0.0561. The van der Waals surface area contributed by atoms with Crippen molar-refractivity contribution in [3.63, 3.8) is 0 Å². The van der Waals surface area contributed by atoms with Gasteiger partial charge in [0.15, 0.2) is 15.8 Å². The highest BCUT2D eigenvalue weighted by molar-refractivity contribution is 8.26. The van der Waals surface area contributed by atoms with E-state index in [1.807, 2.05) is 39.0 Å². The molecule has 1 atom stereocenters. The first-order valence-corrected chi connectivity index (χ1v) is 11.7. The van der Waals surface area contributed by atoms with Gasteiger partial charge in [-0.1, -0.05) is 36.4 Å². The highest BCUT2D eigenvalue weighted by Gasteiger charge is 2.33. The van der Waals surface area contributed by atoms with E-state index in [-0.39, 0.29) is 10.4 Å². The van der Waals surface area contributed by atoms with E-state index in [9.17, 15) is 9.59 Å². The zero-order chi connectivity index (χ0) is 23.3. The summed E-state index contributed by atoms with van der Waals surface area (Å²) < 4.78 is 11.9. The first-order valence-electron chi connectivity index (χ1n) is 10.1. The summed E-state index contributed by atoms with van der Waals surface area (Å²) in [7, 11) is 0. The molecule has 1 N–H and O–H groups in total. The maximum Gasteiger partial charge on any atom is 0.285 e. The second kappa shape index (κ2) is 10.8. The number of nitrogens with zero attached hydrogens (tertiary/aromatic N) is 1. The Bertz CT molecular complexity index is 1060. The third-order valence-corrected chi connectivity index (χ3v) is 6.14. The van der Waals surface area contributed by atoms with Crippen LogP contribution in [0.2, 0.25) is 5.02 Å². The number of carbonyl (C=O) groups excluding carboxylic acids is 2. The molecule has 1 aliphatic heterocycles. The van der Waals surface area contributed by atoms with Crippen molar-refractivity contribution in [3.8, 4) is 11.5 Å². The smallest absolute Gasteiger partial charge is 0.285 e. The van der Waals surface area contributed by atoms with Gasteiger partial charge < -0.3 is 9.47 Å². The number of rotatable bonds is 8. The van der Waals surface area contributed by atoms with Crippen molar-refractivity contribution in [1.29, 1.82) is 0 Å². The number of hydrogen-bond acceptors (Lipinski definition) is 6. The first kappa shape index (κ1) is 24.1. The molecule has 32 heavy (non-hydrogen) atoms. The van der Waals surface area contributed by atoms with Crippen molar-refractivity contribution in [2.45, 2.75) is 33.3 Å². The normalized spacial score (nSPS) is 15.8. The summed E-state index contributed by atoms with van der Waals surface area (Å²) in [4.78, 5) is 25.7. The molecule has 0 radical (unpaired) electrons. The lowest BCUT2D eigenvalue weighted by Crippen LogP contribution is -2.44. The zero-order valence-electron chi connectivity index (χ0n) is 17.9. The molecule has 2 aromatic rings. The average molecular weight is 491 g/mol. The van der Waals surface area contributed by atoms with Crippen LogP contribution in [0.25, 0.3) is 6.08 Å². The third kappa shape index (κ3) is 5.82. The standard InChI is InChI=1S/C23H23ClN2O4S2/c1-4-14(3)30-18-11-6-15(12-19(18)29-5-2)13-20-22(28)26(23(31)32-20)25-21(27)16-7-9-17(24)10-8-16/h6-14H,4-5H2,1-3H3,(H,25,27)/b20-13+/t14-/m0/s1. The van der Waals surface area contributed by atoms with Crippen LogP contribution < -0.4 is 14.9 Å². The third-order valence-electron chi connectivity index (χ3n) is 4.58. The maximum atomic E-state index is 12.9. The number of nitrogens with one attached hydrogen (secondary N) is 1. The largest absolute Gasteiger partial charge is 0.490 e. The van der Waals surface area contributed by atoms with E-state index >= 15 is 0 Å². The Morgan fingerprint density at radius 2 is 1.94 bits per heavy atom. The summed E-state index contributed by atoms with van der Waals surface area (Å²) in [6, 6.07) is 11.8. The number of hydrazine groups is 1. The molecule has 1 heterocycles. The van der Waals surface area contributed by atoms with Crippen LogP contribution in [0.1, 0.15) is 43.1 Å². The predicted molar refractivity (Wildman–Crippen MR) is 132 cm³/mol. The average Bonchev–Trinajstić information content (AvgIpc) is 3.03. The molecule has 1 aliphatic rings. The Hall–Kier alpha value is -2.55. The first-order chi connectivity index (χ1) is 15.3. The molecule has 6 nitrogen and oxygen atoms in total. The van der Waals surface area contributed by atoms with Crippen LogP contribution in [0.4, 0.5) is 0 Å². The molecule has 3 rings (SSSR count). The fourth-order valence-corrected chi connectivity index (χ4v) is 4.07. The Morgan fingerprint density at radius 1 is 1.22 bits per heavy atom. The van der Waals surface area contributed by atoms with Gasteiger partial charge in [-0.15, -0.1) is 0 Å². The van der Waals surface area contributed by atoms with Gasteiger partial charge in [-0.2, -0.15) is 5.01 Å². The molecule has 0 saturated carbocycles. The molecule has 0 aromatic heterocycles. The quantitative estimate of drug-likeness (QED) is 0.391. The number of hydrogen-bond donors (Lipinski definition) is 1. The predicted octanol–water partition coefficient (Wildman–Crippen LogP) is 5.46. The topological polar surface area (TPSA) is 67.9 Å². The minimum Gasteiger partial charge on any atom is -0.490 e.